The monoisotopic (exact) mass is 1780 g/mol. The number of aromatic hydroxyl groups is 2. The van der Waals surface area contributed by atoms with Gasteiger partial charge in [0.2, 0.25) is 11.6 Å². The molecule has 2 aliphatic rings. The molecule has 8 rings (SSSR count). The molecule has 554 valence electrons. The molecule has 4 atom stereocenters. The predicted octanol–water partition coefficient (Wildman–Crippen LogP) is 16.0. The van der Waals surface area contributed by atoms with Crippen molar-refractivity contribution in [2.24, 2.45) is 11.8 Å². The molecule has 0 fully saturated rings. The van der Waals surface area contributed by atoms with Gasteiger partial charge in [-0.2, -0.15) is 0 Å². The number of unbranched alkanes of at least 4 members (excludes halogenated alkanes) is 22. The number of hydrogen-bond acceptors (Lipinski definition) is 10. The lowest BCUT2D eigenvalue weighted by Gasteiger charge is -2.28. The van der Waals surface area contributed by atoms with Gasteiger partial charge in [-0.25, -0.2) is 9.59 Å². The number of alkyl carbamates (subject to hydrolysis) is 2. The zero-order chi connectivity index (χ0) is 71.5. The Morgan fingerprint density at radius 2 is 0.667 bits per heavy atom. The summed E-state index contributed by atoms with van der Waals surface area (Å²) in [5, 5.41) is 30.9. The molecule has 6 aromatic carbocycles. The normalized spacial score (nSPS) is 13.4. The number of rotatable bonds is 43. The number of ether oxygens (including phenoxy) is 2. The van der Waals surface area contributed by atoms with Gasteiger partial charge >= 0.3 is 12.2 Å². The third kappa shape index (κ3) is 24.5. The number of hydrogen-bond donors (Lipinski definition) is 6. The lowest BCUT2D eigenvalue weighted by atomic mass is 9.78. The predicted molar refractivity (Wildman–Crippen MR) is 412 cm³/mol. The number of phenols is 2. The molecule has 0 spiro atoms. The van der Waals surface area contributed by atoms with Crippen LogP contribution >= 0.6 is 63.7 Å². The highest BCUT2D eigenvalue weighted by Gasteiger charge is 2.38. The van der Waals surface area contributed by atoms with E-state index in [0.29, 0.717) is 47.0 Å². The van der Waals surface area contributed by atoms with Crippen LogP contribution in [0.25, 0.3) is 0 Å². The van der Waals surface area contributed by atoms with Crippen molar-refractivity contribution in [1.29, 1.82) is 0 Å². The van der Waals surface area contributed by atoms with Crippen LogP contribution in [0.4, 0.5) is 32.3 Å². The van der Waals surface area contributed by atoms with Crippen LogP contribution in [0, 0.1) is 11.8 Å². The van der Waals surface area contributed by atoms with Gasteiger partial charge in [-0.3, -0.25) is 29.8 Å². The molecule has 0 bridgehead atoms. The SMILES string of the molecule is CCCCCCC(CCCCCCCCCCCNC(=O)OC(C)c1cc([NH2+]c2ccc(O)c3c2C(=O)c2ccccc2C3=O)c(Br)cc1Br)C(CCCCCC)CCCCCCCCCCCNC(=O)OC(C)c1cc([NH2+]c2ccc(O)c3c2C(=O)c2ccccc2C3=O)c(Br)cc1Br.[Br-].[Br-]. The van der Waals surface area contributed by atoms with Crippen LogP contribution in [0.15, 0.2) is 115 Å². The third-order valence-corrected chi connectivity index (χ3v) is 22.8. The van der Waals surface area contributed by atoms with Crippen molar-refractivity contribution in [3.63, 3.8) is 0 Å². The summed E-state index contributed by atoms with van der Waals surface area (Å²) in [6, 6.07) is 27.0. The summed E-state index contributed by atoms with van der Waals surface area (Å²) in [5.74, 6) is -0.229. The minimum Gasteiger partial charge on any atom is -1.00 e. The fraction of sp³-hybridized carbons (Fsp3) is 0.488. The van der Waals surface area contributed by atoms with Crippen LogP contribution in [-0.2, 0) is 9.47 Å². The van der Waals surface area contributed by atoms with Crippen molar-refractivity contribution in [3.8, 4) is 11.5 Å². The standard InChI is InChI=1S/C82H102Br4N4O10.2BrH/c1-5-7-9-25-35-55(37-27-21-17-13-11-15-19-23-33-47-87-81(97)99-53(3)61-49-69(65(85)51-63(61)83)89-67-43-45-71(91)75-73(67)77(93)57-39-29-31-41-59(57)79(75)95)56(36-26-10-8-6-2)38-28-22-18-14-12-16-20-24-34-48-88-82(98)100-54(4)62-50-70(66(86)52-64(62)84)90-68-44-46-72(92)76-74(68)78(94)58-40-30-32-42-60(58)80(76)96;;/h29-32,39-46,49-56,89-92H,5-28,33-38,47-48H2,1-4H3,(H,87,97)(H,88,98);2*1H. The van der Waals surface area contributed by atoms with Gasteiger partial charge in [0.15, 0.2) is 11.6 Å². The maximum Gasteiger partial charge on any atom is 0.407 e. The summed E-state index contributed by atoms with van der Waals surface area (Å²) >= 11 is 14.6. The summed E-state index contributed by atoms with van der Waals surface area (Å²) < 4.78 is 14.6. The second-order valence-corrected chi connectivity index (χ2v) is 30.9. The highest BCUT2D eigenvalue weighted by molar-refractivity contribution is 9.11. The molecule has 2 amide bonds. The number of quaternary nitrogens is 2. The van der Waals surface area contributed by atoms with Crippen LogP contribution in [0.5, 0.6) is 11.5 Å². The Morgan fingerprint density at radius 3 is 0.980 bits per heavy atom. The smallest absolute Gasteiger partial charge is 0.407 e. The Labute approximate surface area is 659 Å². The lowest BCUT2D eigenvalue weighted by Crippen LogP contribution is -3.00. The van der Waals surface area contributed by atoms with E-state index in [0.717, 1.165) is 79.4 Å². The molecule has 0 aromatic heterocycles. The molecule has 4 unspecified atom stereocenters. The van der Waals surface area contributed by atoms with Crippen molar-refractivity contribution in [1.82, 2.24) is 10.6 Å². The number of ketones is 4. The fourth-order valence-corrected chi connectivity index (χ4v) is 17.3. The van der Waals surface area contributed by atoms with Crippen molar-refractivity contribution >= 4 is 122 Å². The van der Waals surface area contributed by atoms with Crippen LogP contribution in [-0.4, -0.2) is 58.6 Å². The van der Waals surface area contributed by atoms with E-state index in [9.17, 15) is 39.0 Å². The minimum absolute atomic E-state index is 0. The topological polar surface area (TPSA) is 219 Å². The van der Waals surface area contributed by atoms with Gasteiger partial charge in [0.25, 0.3) is 0 Å². The number of nitrogens with one attached hydrogen (secondary N) is 2. The number of carbonyl (C=O) groups is 6. The molecule has 14 nitrogen and oxygen atoms in total. The van der Waals surface area contributed by atoms with Crippen LogP contribution in [0.1, 0.15) is 307 Å². The number of amides is 2. The highest BCUT2D eigenvalue weighted by Crippen LogP contribution is 2.41. The van der Waals surface area contributed by atoms with Gasteiger partial charge in [0.1, 0.15) is 46.5 Å². The van der Waals surface area contributed by atoms with Gasteiger partial charge in [-0.05, 0) is 94.7 Å². The molecular formula is C82H104Br6N4O10. The lowest BCUT2D eigenvalue weighted by molar-refractivity contribution is -0.480. The summed E-state index contributed by atoms with van der Waals surface area (Å²) in [6.45, 7) is 9.36. The molecule has 0 aliphatic heterocycles. The van der Waals surface area contributed by atoms with Crippen LogP contribution in [0.3, 0.4) is 0 Å². The van der Waals surface area contributed by atoms with E-state index in [2.05, 4.69) is 88.2 Å². The first-order valence-electron chi connectivity index (χ1n) is 37.1. The average Bonchev–Trinajstić information content (AvgIpc) is 0.751. The van der Waals surface area contributed by atoms with Crippen molar-refractivity contribution in [3.05, 3.63) is 171 Å². The van der Waals surface area contributed by atoms with Gasteiger partial charge in [-0.15, -0.1) is 0 Å². The number of phenolic OH excluding ortho intramolecular Hbond substituents is 2. The highest BCUT2D eigenvalue weighted by atomic mass is 79.9. The Balaban J connectivity index is 0.00000818. The van der Waals surface area contributed by atoms with E-state index < -0.39 is 36.0 Å². The molecule has 0 saturated heterocycles. The van der Waals surface area contributed by atoms with E-state index >= 15 is 0 Å². The minimum atomic E-state index is -0.592. The molecule has 20 heteroatoms. The number of fused-ring (bicyclic) bond motifs is 4. The second-order valence-electron chi connectivity index (χ2n) is 27.4. The summed E-state index contributed by atoms with van der Waals surface area (Å²) in [7, 11) is 0. The number of carbonyl (C=O) groups excluding carboxylic acids is 6. The number of benzene rings is 6. The Hall–Kier alpha value is -5.06. The van der Waals surface area contributed by atoms with Gasteiger partial charge in [-0.1, -0.05) is 274 Å². The van der Waals surface area contributed by atoms with Gasteiger partial charge in [0.05, 0.1) is 31.2 Å². The summed E-state index contributed by atoms with van der Waals surface area (Å²) in [6.07, 6.45) is 35.7. The maximum atomic E-state index is 13.7. The van der Waals surface area contributed by atoms with Crippen molar-refractivity contribution in [2.75, 3.05) is 13.1 Å². The quantitative estimate of drug-likeness (QED) is 0.0121. The second kappa shape index (κ2) is 44.8. The van der Waals surface area contributed by atoms with E-state index in [4.69, 9.17) is 9.47 Å². The molecule has 102 heavy (non-hydrogen) atoms. The zero-order valence-electron chi connectivity index (χ0n) is 59.8. The van der Waals surface area contributed by atoms with Gasteiger partial charge < -0.3 is 64.3 Å². The first-order chi connectivity index (χ1) is 48.4. The van der Waals surface area contributed by atoms with E-state index in [1.165, 1.54) is 166 Å². The Morgan fingerprint density at radius 1 is 0.382 bits per heavy atom. The Bertz CT molecular complexity index is 3530. The van der Waals surface area contributed by atoms with E-state index in [1.54, 1.807) is 71.3 Å². The van der Waals surface area contributed by atoms with Gasteiger partial charge in [0, 0.05) is 79.7 Å². The van der Waals surface area contributed by atoms with Crippen LogP contribution in [0.2, 0.25) is 0 Å². The molecular weight excluding hydrogens is 1680 g/mol. The zero-order valence-corrected chi connectivity index (χ0v) is 69.3. The number of halogens is 6. The molecule has 2 aliphatic carbocycles. The van der Waals surface area contributed by atoms with Crippen molar-refractivity contribution in [2.45, 2.75) is 233 Å². The molecule has 0 radical (unpaired) electrons. The summed E-state index contributed by atoms with van der Waals surface area (Å²) in [5.41, 5.74) is 5.33. The van der Waals surface area contributed by atoms with Crippen LogP contribution < -0.4 is 55.2 Å². The third-order valence-electron chi connectivity index (χ3n) is 20.0. The largest absolute Gasteiger partial charge is 1.00 e. The average molecular weight is 1790 g/mol. The van der Waals surface area contributed by atoms with Crippen molar-refractivity contribution < 1.29 is 93.1 Å². The first-order valence-corrected chi connectivity index (χ1v) is 40.2. The molecule has 0 heterocycles. The van der Waals surface area contributed by atoms with E-state index in [-0.39, 0.29) is 90.4 Å². The first kappa shape index (κ1) is 85.9. The molecule has 6 aromatic rings. The summed E-state index contributed by atoms with van der Waals surface area (Å²) in [4.78, 5) is 80.4. The molecule has 8 N–H and O–H groups in total. The Kier molecular flexibility index (Phi) is 37.7. The number of nitrogens with two attached hydrogens (primary N) is 2. The van der Waals surface area contributed by atoms with E-state index in [1.807, 2.05) is 38.1 Å². The fourth-order valence-electron chi connectivity index (χ4n) is 14.4. The maximum absolute atomic E-state index is 13.7. The molecule has 0 saturated carbocycles.